The number of imidazole rings is 1. The van der Waals surface area contributed by atoms with Crippen LogP contribution in [0.3, 0.4) is 0 Å². The molecule has 62 valence electrons. The fraction of sp³-hybridized carbons (Fsp3) is 0.625. The van der Waals surface area contributed by atoms with Gasteiger partial charge in [-0.15, -0.1) is 0 Å². The Balaban J connectivity index is 2.54. The average Bonchev–Trinajstić information content (AvgIpc) is 2.47. The molecule has 0 aliphatic rings. The Morgan fingerprint density at radius 1 is 1.64 bits per heavy atom. The standard InChI is InChI=1S/C8H13ClN2/c1-2-3-4-8-10-5-6-11(8)7-9/h5-6H,2-4,7H2,1H3/p+1. The second-order valence-corrected chi connectivity index (χ2v) is 2.84. The minimum absolute atomic E-state index is 0.544. The predicted molar refractivity (Wildman–Crippen MR) is 45.5 cm³/mol. The van der Waals surface area contributed by atoms with Crippen molar-refractivity contribution < 1.29 is 4.57 Å². The molecule has 0 saturated heterocycles. The lowest BCUT2D eigenvalue weighted by atomic mass is 10.2. The summed E-state index contributed by atoms with van der Waals surface area (Å²) in [6, 6.07) is 0.544. The summed E-state index contributed by atoms with van der Waals surface area (Å²) in [6.07, 6.45) is 7.43. The minimum atomic E-state index is 0.544. The number of aryl methyl sites for hydroxylation is 1. The van der Waals surface area contributed by atoms with E-state index in [1.165, 1.54) is 18.7 Å². The van der Waals surface area contributed by atoms with Crippen molar-refractivity contribution in [2.45, 2.75) is 32.2 Å². The van der Waals surface area contributed by atoms with Crippen molar-refractivity contribution in [2.75, 3.05) is 0 Å². The maximum atomic E-state index is 5.70. The number of H-pyrrole nitrogens is 1. The Bertz CT molecular complexity index is 208. The first-order chi connectivity index (χ1) is 5.38. The van der Waals surface area contributed by atoms with E-state index in [9.17, 15) is 0 Å². The molecule has 0 amide bonds. The van der Waals surface area contributed by atoms with E-state index in [0.29, 0.717) is 6.00 Å². The maximum absolute atomic E-state index is 5.70. The fourth-order valence-corrected chi connectivity index (χ4v) is 1.29. The molecule has 0 radical (unpaired) electrons. The van der Waals surface area contributed by atoms with Crippen molar-refractivity contribution >= 4 is 11.6 Å². The third-order valence-electron chi connectivity index (χ3n) is 1.75. The Morgan fingerprint density at radius 2 is 2.45 bits per heavy atom. The number of halogens is 1. The van der Waals surface area contributed by atoms with Crippen LogP contribution in [0.1, 0.15) is 25.6 Å². The second-order valence-electron chi connectivity index (χ2n) is 2.60. The molecule has 0 atom stereocenters. The Morgan fingerprint density at radius 3 is 3.09 bits per heavy atom. The van der Waals surface area contributed by atoms with E-state index in [0.717, 1.165) is 6.42 Å². The smallest absolute Gasteiger partial charge is 0.248 e. The van der Waals surface area contributed by atoms with Gasteiger partial charge in [0.2, 0.25) is 0 Å². The molecule has 0 saturated carbocycles. The Labute approximate surface area is 72.2 Å². The molecule has 0 aromatic carbocycles. The van der Waals surface area contributed by atoms with Gasteiger partial charge in [-0.2, -0.15) is 0 Å². The van der Waals surface area contributed by atoms with Crippen molar-refractivity contribution in [1.82, 2.24) is 4.98 Å². The molecule has 0 aliphatic heterocycles. The first-order valence-electron chi connectivity index (χ1n) is 4.00. The van der Waals surface area contributed by atoms with Gasteiger partial charge in [0, 0.05) is 6.42 Å². The predicted octanol–water partition coefficient (Wildman–Crippen LogP) is 1.84. The van der Waals surface area contributed by atoms with Gasteiger partial charge in [0.15, 0.2) is 6.00 Å². The van der Waals surface area contributed by atoms with Crippen LogP contribution in [-0.4, -0.2) is 4.98 Å². The van der Waals surface area contributed by atoms with E-state index >= 15 is 0 Å². The van der Waals surface area contributed by atoms with E-state index < -0.39 is 0 Å². The largest absolute Gasteiger partial charge is 0.255 e. The third-order valence-corrected chi connectivity index (χ3v) is 2.00. The van der Waals surface area contributed by atoms with E-state index in [-0.39, 0.29) is 0 Å². The SMILES string of the molecule is CCCCc1[nH]cc[n+]1CCl. The highest BCUT2D eigenvalue weighted by atomic mass is 35.5. The topological polar surface area (TPSA) is 19.7 Å². The average molecular weight is 174 g/mol. The van der Waals surface area contributed by atoms with Gasteiger partial charge in [-0.25, -0.2) is 9.55 Å². The summed E-state index contributed by atoms with van der Waals surface area (Å²) in [5, 5.41) is 0. The van der Waals surface area contributed by atoms with Crippen LogP contribution in [0.15, 0.2) is 12.4 Å². The molecule has 11 heavy (non-hydrogen) atoms. The monoisotopic (exact) mass is 173 g/mol. The van der Waals surface area contributed by atoms with Gasteiger partial charge in [-0.05, 0) is 6.42 Å². The Hall–Kier alpha value is -0.500. The number of rotatable bonds is 4. The van der Waals surface area contributed by atoms with E-state index in [4.69, 9.17) is 11.6 Å². The van der Waals surface area contributed by atoms with Crippen LogP contribution in [0.5, 0.6) is 0 Å². The number of unbranched alkanes of at least 4 members (excludes halogenated alkanes) is 1. The summed E-state index contributed by atoms with van der Waals surface area (Å²) in [4.78, 5) is 3.17. The molecule has 1 rings (SSSR count). The van der Waals surface area contributed by atoms with Crippen molar-refractivity contribution in [1.29, 1.82) is 0 Å². The quantitative estimate of drug-likeness (QED) is 0.530. The van der Waals surface area contributed by atoms with Crippen molar-refractivity contribution in [3.05, 3.63) is 18.2 Å². The van der Waals surface area contributed by atoms with Gasteiger partial charge < -0.3 is 0 Å². The zero-order valence-electron chi connectivity index (χ0n) is 6.81. The number of hydrogen-bond donors (Lipinski definition) is 1. The molecule has 0 unspecified atom stereocenters. The van der Waals surface area contributed by atoms with Crippen molar-refractivity contribution in [3.8, 4) is 0 Å². The van der Waals surface area contributed by atoms with Crippen LogP contribution in [0.25, 0.3) is 0 Å². The number of nitrogens with zero attached hydrogens (tertiary/aromatic N) is 1. The van der Waals surface area contributed by atoms with Gasteiger partial charge in [-0.3, -0.25) is 0 Å². The van der Waals surface area contributed by atoms with Crippen molar-refractivity contribution in [3.63, 3.8) is 0 Å². The van der Waals surface area contributed by atoms with Gasteiger partial charge in [0.25, 0.3) is 5.82 Å². The first kappa shape index (κ1) is 8.60. The molecule has 0 spiro atoms. The van der Waals surface area contributed by atoms with Crippen LogP contribution in [0.2, 0.25) is 0 Å². The minimum Gasteiger partial charge on any atom is -0.248 e. The van der Waals surface area contributed by atoms with Gasteiger partial charge >= 0.3 is 0 Å². The second kappa shape index (κ2) is 4.39. The highest BCUT2D eigenvalue weighted by Gasteiger charge is 2.06. The molecule has 1 heterocycles. The number of aromatic nitrogens is 2. The van der Waals surface area contributed by atoms with Crippen LogP contribution in [-0.2, 0) is 12.4 Å². The van der Waals surface area contributed by atoms with Crippen LogP contribution in [0, 0.1) is 0 Å². The molecule has 3 heteroatoms. The number of nitrogens with one attached hydrogen (secondary N) is 1. The first-order valence-corrected chi connectivity index (χ1v) is 4.53. The molecule has 1 N–H and O–H groups in total. The molecule has 0 bridgehead atoms. The van der Waals surface area contributed by atoms with Crippen LogP contribution < -0.4 is 4.57 Å². The zero-order chi connectivity index (χ0) is 8.10. The Kier molecular flexibility index (Phi) is 3.43. The van der Waals surface area contributed by atoms with Gasteiger partial charge in [0.1, 0.15) is 12.4 Å². The number of alkyl halides is 1. The van der Waals surface area contributed by atoms with E-state index in [2.05, 4.69) is 11.9 Å². The normalized spacial score (nSPS) is 10.4. The van der Waals surface area contributed by atoms with Gasteiger partial charge in [0.05, 0.1) is 0 Å². The molecular formula is C8H14ClN2+. The maximum Gasteiger partial charge on any atom is 0.255 e. The third kappa shape index (κ3) is 2.22. The van der Waals surface area contributed by atoms with Crippen molar-refractivity contribution in [2.24, 2.45) is 0 Å². The van der Waals surface area contributed by atoms with Crippen LogP contribution in [0.4, 0.5) is 0 Å². The zero-order valence-corrected chi connectivity index (χ0v) is 7.56. The summed E-state index contributed by atoms with van der Waals surface area (Å²) in [5.74, 6) is 1.22. The lowest BCUT2D eigenvalue weighted by molar-refractivity contribution is -0.684. The lowest BCUT2D eigenvalue weighted by Gasteiger charge is -1.93. The number of hydrogen-bond acceptors (Lipinski definition) is 0. The fourth-order valence-electron chi connectivity index (χ4n) is 1.07. The summed E-state index contributed by atoms with van der Waals surface area (Å²) in [5.41, 5.74) is 0. The van der Waals surface area contributed by atoms with Crippen LogP contribution >= 0.6 is 11.6 Å². The van der Waals surface area contributed by atoms with E-state index in [1.54, 1.807) is 0 Å². The molecular weight excluding hydrogens is 160 g/mol. The molecule has 0 fully saturated rings. The molecule has 1 aromatic rings. The summed E-state index contributed by atoms with van der Waals surface area (Å²) < 4.78 is 2.03. The molecule has 0 aliphatic carbocycles. The lowest BCUT2D eigenvalue weighted by Crippen LogP contribution is -2.33. The number of aromatic amines is 1. The highest BCUT2D eigenvalue weighted by Crippen LogP contribution is 1.96. The highest BCUT2D eigenvalue weighted by molar-refractivity contribution is 6.14. The summed E-state index contributed by atoms with van der Waals surface area (Å²) >= 11 is 5.70. The molecule has 1 aromatic heterocycles. The van der Waals surface area contributed by atoms with E-state index in [1.807, 2.05) is 17.0 Å². The van der Waals surface area contributed by atoms with Gasteiger partial charge in [-0.1, -0.05) is 24.9 Å². The summed E-state index contributed by atoms with van der Waals surface area (Å²) in [7, 11) is 0. The summed E-state index contributed by atoms with van der Waals surface area (Å²) in [6.45, 7) is 2.19. The molecule has 2 nitrogen and oxygen atoms in total.